The van der Waals surface area contributed by atoms with Crippen molar-refractivity contribution in [1.29, 1.82) is 0 Å². The van der Waals surface area contributed by atoms with E-state index in [9.17, 15) is 14.4 Å². The number of amides is 2. The number of allylic oxidation sites excluding steroid dienone is 2. The molecule has 1 aliphatic rings. The van der Waals surface area contributed by atoms with E-state index in [0.29, 0.717) is 13.0 Å². The molecule has 0 radical (unpaired) electrons. The van der Waals surface area contributed by atoms with Crippen LogP contribution >= 0.6 is 0 Å². The third kappa shape index (κ3) is 11.4. The van der Waals surface area contributed by atoms with Crippen LogP contribution in [0, 0.1) is 0 Å². The Labute approximate surface area is 167 Å². The first kappa shape index (κ1) is 23.7. The van der Waals surface area contributed by atoms with Crippen molar-refractivity contribution >= 4 is 23.9 Å². The third-order valence-electron chi connectivity index (χ3n) is 3.79. The van der Waals surface area contributed by atoms with E-state index < -0.39 is 17.7 Å². The van der Waals surface area contributed by atoms with Crippen molar-refractivity contribution in [3.8, 4) is 0 Å². The highest BCUT2D eigenvalue weighted by Crippen LogP contribution is 2.09. The highest BCUT2D eigenvalue weighted by Gasteiger charge is 2.20. The van der Waals surface area contributed by atoms with Gasteiger partial charge < -0.3 is 14.4 Å². The first-order valence-electron chi connectivity index (χ1n) is 9.80. The monoisotopic (exact) mass is 395 g/mol. The molecule has 1 rings (SSSR count). The van der Waals surface area contributed by atoms with Gasteiger partial charge in [0.1, 0.15) is 12.1 Å². The van der Waals surface area contributed by atoms with E-state index in [2.05, 4.69) is 22.5 Å². The number of carbonyl (C=O) groups is 3. The summed E-state index contributed by atoms with van der Waals surface area (Å²) in [7, 11) is 1.56. The number of carbonyl (C=O) groups excluding carboxylic acids is 3. The van der Waals surface area contributed by atoms with E-state index in [-0.39, 0.29) is 18.4 Å². The number of aliphatic imine (C=N–C) groups is 1. The Morgan fingerprint density at radius 2 is 1.79 bits per heavy atom. The number of esters is 1. The van der Waals surface area contributed by atoms with Crippen molar-refractivity contribution in [1.82, 2.24) is 10.2 Å². The molecule has 0 unspecified atom stereocenters. The standard InChI is InChI=1S/C20H33N3O5/c1-20(2,3)28-19(26)22-18-21-16(24)13-11-9-7-5-6-8-10-12-14-27-17(25)15-23(18)4/h5-6H,7-15H2,1-4H3,(H,21,22,24,26)/b6-5+. The molecule has 1 N–H and O–H groups in total. The van der Waals surface area contributed by atoms with Gasteiger partial charge in [-0.2, -0.15) is 0 Å². The van der Waals surface area contributed by atoms with E-state index in [1.54, 1.807) is 27.8 Å². The van der Waals surface area contributed by atoms with Gasteiger partial charge in [0.2, 0.25) is 11.9 Å². The van der Waals surface area contributed by atoms with E-state index in [1.807, 2.05) is 0 Å². The summed E-state index contributed by atoms with van der Waals surface area (Å²) in [5, 5.41) is 2.61. The molecule has 0 aromatic carbocycles. The SMILES string of the molecule is CN1CC(=O)OCCCC/C=C/CCCCC(=O)N/C1=N/C(=O)OC(C)(C)C. The molecule has 0 bridgehead atoms. The molecule has 1 aliphatic heterocycles. The lowest BCUT2D eigenvalue weighted by atomic mass is 10.1. The highest BCUT2D eigenvalue weighted by molar-refractivity contribution is 6.01. The zero-order chi connectivity index (χ0) is 21.0. The average molecular weight is 396 g/mol. The largest absolute Gasteiger partial charge is 0.464 e. The summed E-state index contributed by atoms with van der Waals surface area (Å²) < 4.78 is 10.4. The molecule has 8 heteroatoms. The number of nitrogens with zero attached hydrogens (tertiary/aromatic N) is 2. The maximum Gasteiger partial charge on any atom is 0.437 e. The number of rotatable bonds is 0. The van der Waals surface area contributed by atoms with Crippen LogP contribution in [-0.4, -0.2) is 54.6 Å². The summed E-state index contributed by atoms with van der Waals surface area (Å²) in [6, 6.07) is 0. The quantitative estimate of drug-likeness (QED) is 0.500. The molecule has 2 amide bonds. The molecule has 0 spiro atoms. The minimum atomic E-state index is -0.834. The Kier molecular flexibility index (Phi) is 10.3. The van der Waals surface area contributed by atoms with Crippen molar-refractivity contribution in [2.24, 2.45) is 4.99 Å². The zero-order valence-electron chi connectivity index (χ0n) is 17.5. The molecule has 8 nitrogen and oxygen atoms in total. The normalized spacial score (nSPS) is 21.4. The maximum absolute atomic E-state index is 12.2. The van der Waals surface area contributed by atoms with Gasteiger partial charge in [0, 0.05) is 13.5 Å². The fourth-order valence-electron chi connectivity index (χ4n) is 2.42. The number of guanidine groups is 1. The van der Waals surface area contributed by atoms with Gasteiger partial charge in [0.15, 0.2) is 0 Å². The van der Waals surface area contributed by atoms with Crippen LogP contribution in [0.25, 0.3) is 0 Å². The van der Waals surface area contributed by atoms with Gasteiger partial charge >= 0.3 is 12.1 Å². The van der Waals surface area contributed by atoms with Crippen LogP contribution in [0.1, 0.15) is 65.7 Å². The Morgan fingerprint density at radius 1 is 1.14 bits per heavy atom. The van der Waals surface area contributed by atoms with Crippen LogP contribution in [0.4, 0.5) is 4.79 Å². The van der Waals surface area contributed by atoms with E-state index in [0.717, 1.165) is 38.5 Å². The number of ether oxygens (including phenoxy) is 2. The second-order valence-electron chi connectivity index (χ2n) is 7.75. The van der Waals surface area contributed by atoms with Crippen LogP contribution in [0.3, 0.4) is 0 Å². The summed E-state index contributed by atoms with van der Waals surface area (Å²) >= 11 is 0. The van der Waals surface area contributed by atoms with Crippen molar-refractivity contribution in [2.45, 2.75) is 71.3 Å². The van der Waals surface area contributed by atoms with Gasteiger partial charge in [-0.3, -0.25) is 14.9 Å². The van der Waals surface area contributed by atoms with Crippen LogP contribution < -0.4 is 5.32 Å². The van der Waals surface area contributed by atoms with Gasteiger partial charge in [-0.05, 0) is 59.3 Å². The van der Waals surface area contributed by atoms with E-state index >= 15 is 0 Å². The highest BCUT2D eigenvalue weighted by atomic mass is 16.6. The molecule has 0 aromatic rings. The van der Waals surface area contributed by atoms with E-state index in [4.69, 9.17) is 9.47 Å². The smallest absolute Gasteiger partial charge is 0.437 e. The number of hydrogen-bond acceptors (Lipinski definition) is 5. The first-order valence-corrected chi connectivity index (χ1v) is 9.80. The first-order chi connectivity index (χ1) is 13.2. The number of nitrogens with one attached hydrogen (secondary N) is 1. The van der Waals surface area contributed by atoms with Crippen molar-refractivity contribution < 1.29 is 23.9 Å². The van der Waals surface area contributed by atoms with Gasteiger partial charge in [0.25, 0.3) is 0 Å². The molecular formula is C20H33N3O5. The molecule has 1 heterocycles. The van der Waals surface area contributed by atoms with Crippen LogP contribution in [0.2, 0.25) is 0 Å². The molecule has 0 saturated heterocycles. The third-order valence-corrected chi connectivity index (χ3v) is 3.79. The number of hydrogen-bond donors (Lipinski definition) is 1. The Bertz CT molecular complexity index is 593. The lowest BCUT2D eigenvalue weighted by Gasteiger charge is -2.22. The molecule has 158 valence electrons. The van der Waals surface area contributed by atoms with Crippen molar-refractivity contribution in [2.75, 3.05) is 20.2 Å². The minimum Gasteiger partial charge on any atom is -0.464 e. The fourth-order valence-corrected chi connectivity index (χ4v) is 2.42. The average Bonchev–Trinajstić information content (AvgIpc) is 2.56. The summed E-state index contributed by atoms with van der Waals surface area (Å²) in [6.45, 7) is 5.37. The lowest BCUT2D eigenvalue weighted by molar-refractivity contribution is -0.144. The molecule has 28 heavy (non-hydrogen) atoms. The zero-order valence-corrected chi connectivity index (χ0v) is 17.5. The Morgan fingerprint density at radius 3 is 2.43 bits per heavy atom. The minimum absolute atomic E-state index is 0.0274. The van der Waals surface area contributed by atoms with Crippen molar-refractivity contribution in [3.05, 3.63) is 12.2 Å². The van der Waals surface area contributed by atoms with Gasteiger partial charge in [-0.15, -0.1) is 4.99 Å². The Hall–Kier alpha value is -2.38. The van der Waals surface area contributed by atoms with Crippen LogP contribution in [0.15, 0.2) is 17.1 Å². The predicted molar refractivity (Wildman–Crippen MR) is 107 cm³/mol. The predicted octanol–water partition coefficient (Wildman–Crippen LogP) is 3.17. The van der Waals surface area contributed by atoms with Crippen LogP contribution in [-0.2, 0) is 19.1 Å². The number of likely N-dealkylation sites (N-methyl/N-ethyl adjacent to an activating group) is 1. The van der Waals surface area contributed by atoms with E-state index in [1.165, 1.54) is 4.90 Å². The van der Waals surface area contributed by atoms with Gasteiger partial charge in [-0.25, -0.2) is 4.79 Å². The topological polar surface area (TPSA) is 97.3 Å². The van der Waals surface area contributed by atoms with Gasteiger partial charge in [-0.1, -0.05) is 12.2 Å². The molecule has 0 aliphatic carbocycles. The number of cyclic esters (lactones) is 1. The summed E-state index contributed by atoms with van der Waals surface area (Å²) in [5.74, 6) is -0.746. The van der Waals surface area contributed by atoms with Gasteiger partial charge in [0.05, 0.1) is 6.61 Å². The second kappa shape index (κ2) is 12.2. The summed E-state index contributed by atoms with van der Waals surface area (Å²) in [6.07, 6.45) is 8.94. The second-order valence-corrected chi connectivity index (χ2v) is 7.75. The fraction of sp³-hybridized carbons (Fsp3) is 0.700. The molecule has 0 aromatic heterocycles. The summed E-state index contributed by atoms with van der Waals surface area (Å²) in [5.41, 5.74) is -0.715. The molecule has 0 saturated carbocycles. The molecule has 0 fully saturated rings. The molecule has 0 atom stereocenters. The summed E-state index contributed by atoms with van der Waals surface area (Å²) in [4.78, 5) is 41.5. The van der Waals surface area contributed by atoms with Crippen LogP contribution in [0.5, 0.6) is 0 Å². The van der Waals surface area contributed by atoms with Crippen molar-refractivity contribution in [3.63, 3.8) is 0 Å². The lowest BCUT2D eigenvalue weighted by Crippen LogP contribution is -2.45. The Balaban J connectivity index is 2.86. The maximum atomic E-state index is 12.2. The molecular weight excluding hydrogens is 362 g/mol.